The predicted octanol–water partition coefficient (Wildman–Crippen LogP) is 5.01. The normalized spacial score (nSPS) is 14.7. The van der Waals surface area contributed by atoms with Crippen molar-refractivity contribution in [2.24, 2.45) is 5.73 Å². The number of carbonyl (C=O) groups is 1. The largest absolute Gasteiger partial charge is 0.480 e. The number of likely N-dealkylation sites (tertiary alicyclic amines) is 1. The number of rotatable bonds is 6. The Bertz CT molecular complexity index is 1210. The molecule has 9 heteroatoms. The second-order valence-electron chi connectivity index (χ2n) is 8.51. The molecule has 1 aliphatic heterocycles. The average molecular weight is 528 g/mol. The van der Waals surface area contributed by atoms with Crippen molar-refractivity contribution in [2.45, 2.75) is 25.7 Å². The Kier molecular flexibility index (Phi) is 7.13. The summed E-state index contributed by atoms with van der Waals surface area (Å²) in [5.41, 5.74) is 8.95. The lowest BCUT2D eigenvalue weighted by atomic mass is 9.87. The van der Waals surface area contributed by atoms with Crippen molar-refractivity contribution in [2.75, 3.05) is 32.6 Å². The smallest absolute Gasteiger partial charge is 0.256 e. The first kappa shape index (κ1) is 24.1. The number of halogens is 2. The first-order chi connectivity index (χ1) is 16.3. The number of ether oxygens (including phenoxy) is 1. The summed E-state index contributed by atoms with van der Waals surface area (Å²) in [6.07, 6.45) is 2.28. The van der Waals surface area contributed by atoms with E-state index in [4.69, 9.17) is 10.5 Å². The van der Waals surface area contributed by atoms with Gasteiger partial charge in [-0.25, -0.2) is 9.37 Å². The Balaban J connectivity index is 1.71. The summed E-state index contributed by atoms with van der Waals surface area (Å²) < 4.78 is 20.5. The van der Waals surface area contributed by atoms with Crippen LogP contribution in [0.2, 0.25) is 0 Å². The number of methoxy groups -OCH3 is 1. The number of benzene rings is 2. The van der Waals surface area contributed by atoms with Crippen LogP contribution in [0.5, 0.6) is 5.88 Å². The molecule has 1 aromatic heterocycles. The molecule has 0 unspecified atom stereocenters. The molecule has 2 aromatic carbocycles. The van der Waals surface area contributed by atoms with Crippen LogP contribution in [0.1, 0.15) is 40.2 Å². The summed E-state index contributed by atoms with van der Waals surface area (Å²) in [6, 6.07) is 10.7. The van der Waals surface area contributed by atoms with Gasteiger partial charge in [-0.15, -0.1) is 0 Å². The molecule has 0 spiro atoms. The van der Waals surface area contributed by atoms with Crippen LogP contribution < -0.4 is 15.8 Å². The molecule has 1 saturated heterocycles. The lowest BCUT2D eigenvalue weighted by Gasteiger charge is -2.30. The minimum atomic E-state index is -0.813. The summed E-state index contributed by atoms with van der Waals surface area (Å²) in [7, 11) is 3.53. The molecule has 3 N–H and O–H groups in total. The monoisotopic (exact) mass is 527 g/mol. The number of nitrogens with zero attached hydrogens (tertiary/aromatic N) is 3. The number of amides is 1. The standard InChI is InChI=1S/C25H27BrFN5O2/c1-14-13-16(7-8-17(14)15-9-11-32(2)12-10-15)29-25-30-22(20-18(26)5-4-6-19(20)27)21(23(28)33)24(31-25)34-3/h4-8,13,15H,9-12H2,1-3H3,(H2,28,33)(H,29,30,31). The lowest BCUT2D eigenvalue weighted by molar-refractivity contribution is 0.0997. The fourth-order valence-corrected chi connectivity index (χ4v) is 4.96. The highest BCUT2D eigenvalue weighted by Crippen LogP contribution is 2.36. The average Bonchev–Trinajstić information content (AvgIpc) is 2.79. The first-order valence-corrected chi connectivity index (χ1v) is 11.8. The van der Waals surface area contributed by atoms with Crippen molar-refractivity contribution in [3.63, 3.8) is 0 Å². The molecule has 0 aliphatic carbocycles. The van der Waals surface area contributed by atoms with Gasteiger partial charge in [0, 0.05) is 10.2 Å². The van der Waals surface area contributed by atoms with E-state index in [0.717, 1.165) is 31.6 Å². The fourth-order valence-electron chi connectivity index (χ4n) is 4.43. The Morgan fingerprint density at radius 2 is 1.97 bits per heavy atom. The van der Waals surface area contributed by atoms with Crippen LogP contribution in [0, 0.1) is 12.7 Å². The van der Waals surface area contributed by atoms with Gasteiger partial charge in [-0.3, -0.25) is 4.79 Å². The zero-order valence-corrected chi connectivity index (χ0v) is 20.9. The van der Waals surface area contributed by atoms with Gasteiger partial charge in [-0.2, -0.15) is 4.98 Å². The Morgan fingerprint density at radius 3 is 2.59 bits per heavy atom. The van der Waals surface area contributed by atoms with Crippen LogP contribution >= 0.6 is 15.9 Å². The molecule has 34 heavy (non-hydrogen) atoms. The molecule has 4 rings (SSSR count). The topological polar surface area (TPSA) is 93.4 Å². The number of piperidine rings is 1. The molecule has 2 heterocycles. The van der Waals surface area contributed by atoms with Crippen LogP contribution in [0.25, 0.3) is 11.3 Å². The van der Waals surface area contributed by atoms with E-state index in [2.05, 4.69) is 56.2 Å². The number of hydrogen-bond acceptors (Lipinski definition) is 6. The molecule has 0 radical (unpaired) electrons. The molecule has 1 fully saturated rings. The molecule has 0 saturated carbocycles. The molecule has 0 bridgehead atoms. The zero-order valence-electron chi connectivity index (χ0n) is 19.4. The highest BCUT2D eigenvalue weighted by Gasteiger charge is 2.25. The van der Waals surface area contributed by atoms with E-state index in [1.54, 1.807) is 12.1 Å². The van der Waals surface area contributed by atoms with Crippen LogP contribution in [0.15, 0.2) is 40.9 Å². The first-order valence-electron chi connectivity index (χ1n) is 11.0. The summed E-state index contributed by atoms with van der Waals surface area (Å²) in [6.45, 7) is 4.29. The van der Waals surface area contributed by atoms with Gasteiger partial charge in [0.1, 0.15) is 11.4 Å². The number of hydrogen-bond donors (Lipinski definition) is 2. The van der Waals surface area contributed by atoms with Gasteiger partial charge in [0.2, 0.25) is 11.8 Å². The molecular formula is C25H27BrFN5O2. The van der Waals surface area contributed by atoms with E-state index in [1.165, 1.54) is 24.3 Å². The van der Waals surface area contributed by atoms with Crippen LogP contribution in [0.3, 0.4) is 0 Å². The zero-order chi connectivity index (χ0) is 24.4. The maximum Gasteiger partial charge on any atom is 0.256 e. The van der Waals surface area contributed by atoms with Crippen molar-refractivity contribution >= 4 is 33.5 Å². The van der Waals surface area contributed by atoms with Gasteiger partial charge in [0.25, 0.3) is 5.91 Å². The van der Waals surface area contributed by atoms with Gasteiger partial charge in [0.05, 0.1) is 18.4 Å². The van der Waals surface area contributed by atoms with Crippen molar-refractivity contribution in [1.29, 1.82) is 0 Å². The molecule has 3 aromatic rings. The minimum Gasteiger partial charge on any atom is -0.480 e. The summed E-state index contributed by atoms with van der Waals surface area (Å²) in [5, 5.41) is 3.17. The SMILES string of the molecule is COc1nc(Nc2ccc(C3CCN(C)CC3)c(C)c2)nc(-c2c(F)cccc2Br)c1C(N)=O. The minimum absolute atomic E-state index is 0.0326. The second kappa shape index (κ2) is 10.1. The quantitative estimate of drug-likeness (QED) is 0.467. The van der Waals surface area contributed by atoms with Gasteiger partial charge in [0.15, 0.2) is 0 Å². The van der Waals surface area contributed by atoms with Crippen molar-refractivity contribution < 1.29 is 13.9 Å². The highest BCUT2D eigenvalue weighted by molar-refractivity contribution is 9.10. The second-order valence-corrected chi connectivity index (χ2v) is 9.37. The molecule has 178 valence electrons. The van der Waals surface area contributed by atoms with Crippen LogP contribution in [0.4, 0.5) is 16.0 Å². The lowest BCUT2D eigenvalue weighted by Crippen LogP contribution is -2.29. The number of nitrogens with one attached hydrogen (secondary N) is 1. The third kappa shape index (κ3) is 4.90. The predicted molar refractivity (Wildman–Crippen MR) is 134 cm³/mol. The van der Waals surface area contributed by atoms with E-state index in [-0.39, 0.29) is 28.6 Å². The molecule has 1 amide bonds. The summed E-state index contributed by atoms with van der Waals surface area (Å²) in [5.74, 6) is -0.691. The fraction of sp³-hybridized carbons (Fsp3) is 0.320. The number of aromatic nitrogens is 2. The number of carbonyl (C=O) groups excluding carboxylic acids is 1. The van der Waals surface area contributed by atoms with Gasteiger partial charge >= 0.3 is 0 Å². The van der Waals surface area contributed by atoms with E-state index in [1.807, 2.05) is 12.1 Å². The van der Waals surface area contributed by atoms with Crippen molar-refractivity contribution in [3.05, 3.63) is 63.4 Å². The van der Waals surface area contributed by atoms with Gasteiger partial charge in [-0.05, 0) is 97.1 Å². The van der Waals surface area contributed by atoms with Gasteiger partial charge in [-0.1, -0.05) is 12.1 Å². The Morgan fingerprint density at radius 1 is 1.24 bits per heavy atom. The summed E-state index contributed by atoms with van der Waals surface area (Å²) in [4.78, 5) is 23.4. The maximum absolute atomic E-state index is 14.8. The van der Waals surface area contributed by atoms with Crippen molar-refractivity contribution in [1.82, 2.24) is 14.9 Å². The molecule has 1 aliphatic rings. The Labute approximate surface area is 206 Å². The molecule has 7 nitrogen and oxygen atoms in total. The Hall–Kier alpha value is -3.04. The van der Waals surface area contributed by atoms with E-state index in [9.17, 15) is 9.18 Å². The molecular weight excluding hydrogens is 501 g/mol. The number of aryl methyl sites for hydroxylation is 1. The van der Waals surface area contributed by atoms with E-state index < -0.39 is 11.7 Å². The van der Waals surface area contributed by atoms with E-state index >= 15 is 0 Å². The number of primary amides is 1. The third-order valence-corrected chi connectivity index (χ3v) is 6.86. The maximum atomic E-state index is 14.8. The van der Waals surface area contributed by atoms with E-state index in [0.29, 0.717) is 10.4 Å². The third-order valence-electron chi connectivity index (χ3n) is 6.20. The van der Waals surface area contributed by atoms with Crippen molar-refractivity contribution in [3.8, 4) is 17.1 Å². The summed E-state index contributed by atoms with van der Waals surface area (Å²) >= 11 is 3.35. The number of nitrogens with two attached hydrogens (primary N) is 1. The molecule has 0 atom stereocenters. The number of anilines is 2. The van der Waals surface area contributed by atoms with Gasteiger partial charge < -0.3 is 20.7 Å². The van der Waals surface area contributed by atoms with Crippen LogP contribution in [-0.4, -0.2) is 48.0 Å². The highest BCUT2D eigenvalue weighted by atomic mass is 79.9. The van der Waals surface area contributed by atoms with Crippen LogP contribution in [-0.2, 0) is 0 Å².